The van der Waals surface area contributed by atoms with Crippen LogP contribution in [0.1, 0.15) is 6.92 Å². The van der Waals surface area contributed by atoms with Gasteiger partial charge >= 0.3 is 0 Å². The molecule has 0 aromatic carbocycles. The van der Waals surface area contributed by atoms with E-state index in [0.29, 0.717) is 0 Å². The lowest BCUT2D eigenvalue weighted by Gasteiger charge is -2.09. The van der Waals surface area contributed by atoms with E-state index in [9.17, 15) is 4.79 Å². The van der Waals surface area contributed by atoms with Crippen molar-refractivity contribution in [3.05, 3.63) is 12.2 Å². The molecule has 0 aromatic rings. The zero-order valence-electron chi connectivity index (χ0n) is 5.92. The molecule has 0 saturated carbocycles. The third kappa shape index (κ3) is 2.87. The van der Waals surface area contributed by atoms with Crippen molar-refractivity contribution in [3.63, 3.8) is 0 Å². The van der Waals surface area contributed by atoms with Crippen molar-refractivity contribution in [2.75, 3.05) is 14.2 Å². The number of carbonyl (C=O) groups is 1. The molecule has 0 unspecified atom stereocenters. The number of hydrogen-bond acceptors (Lipinski definition) is 2. The van der Waals surface area contributed by atoms with E-state index in [0.717, 1.165) is 5.06 Å². The van der Waals surface area contributed by atoms with Crippen LogP contribution in [0.3, 0.4) is 0 Å². The smallest absolute Gasteiger partial charge is 0.269 e. The summed E-state index contributed by atoms with van der Waals surface area (Å²) in [5.74, 6) is -0.153. The molecule has 0 aliphatic rings. The van der Waals surface area contributed by atoms with Crippen molar-refractivity contribution in [3.8, 4) is 0 Å². The Bertz CT molecular complexity index is 120. The molecule has 0 N–H and O–H groups in total. The first-order valence-corrected chi connectivity index (χ1v) is 2.67. The second-order valence-corrected chi connectivity index (χ2v) is 1.52. The van der Waals surface area contributed by atoms with Crippen LogP contribution < -0.4 is 0 Å². The molecule has 52 valence electrons. The number of hydrogen-bond donors (Lipinski definition) is 0. The summed E-state index contributed by atoms with van der Waals surface area (Å²) in [5.41, 5.74) is 0. The lowest BCUT2D eigenvalue weighted by Crippen LogP contribution is -2.22. The second kappa shape index (κ2) is 4.09. The minimum absolute atomic E-state index is 0.153. The molecule has 0 heterocycles. The summed E-state index contributed by atoms with van der Waals surface area (Å²) in [7, 11) is 3.00. The van der Waals surface area contributed by atoms with Gasteiger partial charge < -0.3 is 0 Å². The Morgan fingerprint density at radius 3 is 2.56 bits per heavy atom. The summed E-state index contributed by atoms with van der Waals surface area (Å²) < 4.78 is 0. The van der Waals surface area contributed by atoms with Gasteiger partial charge in [0.05, 0.1) is 7.11 Å². The Labute approximate surface area is 54.9 Å². The van der Waals surface area contributed by atoms with E-state index in [4.69, 9.17) is 0 Å². The number of amides is 1. The molecule has 0 bridgehead atoms. The number of carbonyl (C=O) groups excluding carboxylic acids is 1. The summed E-state index contributed by atoms with van der Waals surface area (Å²) in [6.45, 7) is 1.78. The third-order valence-electron chi connectivity index (χ3n) is 0.893. The van der Waals surface area contributed by atoms with E-state index in [2.05, 4.69) is 4.84 Å². The zero-order chi connectivity index (χ0) is 7.28. The summed E-state index contributed by atoms with van der Waals surface area (Å²) >= 11 is 0. The van der Waals surface area contributed by atoms with Gasteiger partial charge in [-0.3, -0.25) is 9.63 Å². The van der Waals surface area contributed by atoms with E-state index in [1.54, 1.807) is 20.0 Å². The SMILES string of the molecule is C/C=C\C(=O)N(C)OC. The molecule has 0 rings (SSSR count). The average molecular weight is 129 g/mol. The van der Waals surface area contributed by atoms with Crippen LogP contribution in [0, 0.1) is 0 Å². The highest BCUT2D eigenvalue weighted by atomic mass is 16.7. The minimum Gasteiger partial charge on any atom is -0.274 e. The van der Waals surface area contributed by atoms with Crippen LogP contribution in [0.2, 0.25) is 0 Å². The number of likely N-dealkylation sites (N-methyl/N-ethyl adjacent to an activating group) is 1. The van der Waals surface area contributed by atoms with Crippen molar-refractivity contribution in [1.82, 2.24) is 5.06 Å². The van der Waals surface area contributed by atoms with Gasteiger partial charge in [-0.25, -0.2) is 5.06 Å². The molecule has 0 saturated heterocycles. The molecular formula is C6H11NO2. The summed E-state index contributed by atoms with van der Waals surface area (Å²) in [6, 6.07) is 0. The van der Waals surface area contributed by atoms with Crippen molar-refractivity contribution in [2.45, 2.75) is 6.92 Å². The molecule has 0 radical (unpaired) electrons. The Hall–Kier alpha value is -0.830. The lowest BCUT2D eigenvalue weighted by atomic mass is 10.5. The molecular weight excluding hydrogens is 118 g/mol. The fourth-order valence-electron chi connectivity index (χ4n) is 0.338. The van der Waals surface area contributed by atoms with Gasteiger partial charge in [0, 0.05) is 13.1 Å². The van der Waals surface area contributed by atoms with Gasteiger partial charge in [0.25, 0.3) is 5.91 Å². The molecule has 0 atom stereocenters. The normalized spacial score (nSPS) is 10.1. The van der Waals surface area contributed by atoms with Crippen LogP contribution in [-0.2, 0) is 9.63 Å². The Balaban J connectivity index is 3.73. The predicted molar refractivity (Wildman–Crippen MR) is 34.6 cm³/mol. The molecule has 1 amide bonds. The van der Waals surface area contributed by atoms with Crippen molar-refractivity contribution in [1.29, 1.82) is 0 Å². The van der Waals surface area contributed by atoms with Gasteiger partial charge in [-0.1, -0.05) is 6.08 Å². The minimum atomic E-state index is -0.153. The van der Waals surface area contributed by atoms with Crippen molar-refractivity contribution < 1.29 is 9.63 Å². The maximum atomic E-state index is 10.7. The topological polar surface area (TPSA) is 29.5 Å². The van der Waals surface area contributed by atoms with Gasteiger partial charge in [-0.15, -0.1) is 0 Å². The van der Waals surface area contributed by atoms with Crippen LogP contribution in [-0.4, -0.2) is 25.1 Å². The fraction of sp³-hybridized carbons (Fsp3) is 0.500. The molecule has 3 heteroatoms. The van der Waals surface area contributed by atoms with Crippen LogP contribution in [0.25, 0.3) is 0 Å². The monoisotopic (exact) mass is 129 g/mol. The van der Waals surface area contributed by atoms with Crippen LogP contribution in [0.15, 0.2) is 12.2 Å². The van der Waals surface area contributed by atoms with Gasteiger partial charge in [-0.05, 0) is 6.92 Å². The molecule has 9 heavy (non-hydrogen) atoms. The van der Waals surface area contributed by atoms with Crippen LogP contribution >= 0.6 is 0 Å². The van der Waals surface area contributed by atoms with Crippen molar-refractivity contribution >= 4 is 5.91 Å². The lowest BCUT2D eigenvalue weighted by molar-refractivity contribution is -0.162. The first-order valence-electron chi connectivity index (χ1n) is 2.67. The summed E-state index contributed by atoms with van der Waals surface area (Å²) in [6.07, 6.45) is 3.10. The van der Waals surface area contributed by atoms with Gasteiger partial charge in [0.1, 0.15) is 0 Å². The number of allylic oxidation sites excluding steroid dienone is 1. The van der Waals surface area contributed by atoms with E-state index in [-0.39, 0.29) is 5.91 Å². The van der Waals surface area contributed by atoms with E-state index in [1.165, 1.54) is 13.2 Å². The first kappa shape index (κ1) is 8.17. The second-order valence-electron chi connectivity index (χ2n) is 1.52. The summed E-state index contributed by atoms with van der Waals surface area (Å²) in [5, 5.41) is 1.15. The van der Waals surface area contributed by atoms with Gasteiger partial charge in [0.15, 0.2) is 0 Å². The molecule has 0 spiro atoms. The number of rotatable bonds is 2. The maximum absolute atomic E-state index is 10.7. The van der Waals surface area contributed by atoms with Crippen LogP contribution in [0.5, 0.6) is 0 Å². The maximum Gasteiger partial charge on any atom is 0.269 e. The zero-order valence-corrected chi connectivity index (χ0v) is 5.92. The Morgan fingerprint density at radius 2 is 2.22 bits per heavy atom. The molecule has 0 aliphatic carbocycles. The molecule has 0 aliphatic heterocycles. The van der Waals surface area contributed by atoms with Crippen LogP contribution in [0.4, 0.5) is 0 Å². The first-order chi connectivity index (χ1) is 4.22. The highest BCUT2D eigenvalue weighted by Crippen LogP contribution is 1.84. The fourth-order valence-corrected chi connectivity index (χ4v) is 0.338. The molecule has 0 aromatic heterocycles. The molecule has 3 nitrogen and oxygen atoms in total. The standard InChI is InChI=1S/C6H11NO2/c1-4-5-6(8)7(2)9-3/h4-5H,1-3H3/b5-4-. The highest BCUT2D eigenvalue weighted by molar-refractivity contribution is 5.86. The average Bonchev–Trinajstić information content (AvgIpc) is 1.87. The van der Waals surface area contributed by atoms with E-state index >= 15 is 0 Å². The number of nitrogens with zero attached hydrogens (tertiary/aromatic N) is 1. The predicted octanol–water partition coefficient (Wildman–Crippen LogP) is 0.582. The van der Waals surface area contributed by atoms with E-state index in [1.807, 2.05) is 0 Å². The summed E-state index contributed by atoms with van der Waals surface area (Å²) in [4.78, 5) is 15.3. The Kier molecular flexibility index (Phi) is 3.71. The largest absolute Gasteiger partial charge is 0.274 e. The third-order valence-corrected chi connectivity index (χ3v) is 0.893. The van der Waals surface area contributed by atoms with Crippen molar-refractivity contribution in [2.24, 2.45) is 0 Å². The number of hydroxylamine groups is 2. The quantitative estimate of drug-likeness (QED) is 0.403. The van der Waals surface area contributed by atoms with Gasteiger partial charge in [0.2, 0.25) is 0 Å². The molecule has 0 fully saturated rings. The van der Waals surface area contributed by atoms with Gasteiger partial charge in [-0.2, -0.15) is 0 Å². The highest BCUT2D eigenvalue weighted by Gasteiger charge is 1.99. The van der Waals surface area contributed by atoms with E-state index < -0.39 is 0 Å². The Morgan fingerprint density at radius 1 is 1.67 bits per heavy atom.